The van der Waals surface area contributed by atoms with Gasteiger partial charge in [-0.15, -0.1) is 0 Å². The lowest BCUT2D eigenvalue weighted by molar-refractivity contribution is -0.651. The van der Waals surface area contributed by atoms with Crippen molar-refractivity contribution in [3.05, 3.63) is 0 Å². The fourth-order valence-electron chi connectivity index (χ4n) is 2.36. The van der Waals surface area contributed by atoms with Gasteiger partial charge < -0.3 is 4.74 Å². The van der Waals surface area contributed by atoms with Crippen molar-refractivity contribution in [3.8, 4) is 0 Å². The van der Waals surface area contributed by atoms with Crippen LogP contribution >= 0.6 is 0 Å². The van der Waals surface area contributed by atoms with Crippen LogP contribution in [0.3, 0.4) is 0 Å². The average Bonchev–Trinajstić information content (AvgIpc) is 2.30. The Kier molecular flexibility index (Phi) is 5.06. The van der Waals surface area contributed by atoms with Gasteiger partial charge in [0.05, 0.1) is 0 Å². The summed E-state index contributed by atoms with van der Waals surface area (Å²) in [5.41, 5.74) is -6.76. The molecule has 0 saturated carbocycles. The standard InChI is InChI=1S/C10H6F14O3/c1-3(11,12)4(8(19,20)25-2)9(21,22)26-5(6(13,14)15,7(16,17)18)27-10(4,23)24/h1-2H3. The second kappa shape index (κ2) is 5.71. The smallest absolute Gasteiger partial charge is 0.323 e. The van der Waals surface area contributed by atoms with Gasteiger partial charge in [0, 0.05) is 14.0 Å². The van der Waals surface area contributed by atoms with E-state index in [1.165, 1.54) is 0 Å². The number of rotatable bonds is 3. The summed E-state index contributed by atoms with van der Waals surface area (Å²) in [7, 11) is -0.394. The number of hydrogen-bond donors (Lipinski definition) is 0. The minimum Gasteiger partial charge on any atom is -0.323 e. The summed E-state index contributed by atoms with van der Waals surface area (Å²) < 4.78 is 193. The molecule has 0 unspecified atom stereocenters. The molecule has 0 radical (unpaired) electrons. The molecular weight excluding hydrogens is 434 g/mol. The van der Waals surface area contributed by atoms with E-state index in [4.69, 9.17) is 0 Å². The molecule has 0 N–H and O–H groups in total. The Morgan fingerprint density at radius 1 is 0.667 bits per heavy atom. The Labute approximate surface area is 139 Å². The van der Waals surface area contributed by atoms with Crippen LogP contribution in [0.1, 0.15) is 6.92 Å². The zero-order valence-corrected chi connectivity index (χ0v) is 12.5. The van der Waals surface area contributed by atoms with Crippen molar-refractivity contribution in [1.29, 1.82) is 0 Å². The van der Waals surface area contributed by atoms with Gasteiger partial charge in [-0.25, -0.2) is 8.78 Å². The van der Waals surface area contributed by atoms with E-state index in [2.05, 4.69) is 14.2 Å². The minimum absolute atomic E-state index is 0.394. The van der Waals surface area contributed by atoms with E-state index in [1.54, 1.807) is 0 Å². The normalized spacial score (nSPS) is 25.3. The summed E-state index contributed by atoms with van der Waals surface area (Å²) in [6.45, 7) is -1.05. The molecule has 0 aliphatic carbocycles. The Bertz CT molecular complexity index is 537. The second-order valence-electron chi connectivity index (χ2n) is 5.21. The molecule has 0 atom stereocenters. The van der Waals surface area contributed by atoms with Gasteiger partial charge in [-0.1, -0.05) is 0 Å². The van der Waals surface area contributed by atoms with Crippen molar-refractivity contribution < 1.29 is 75.7 Å². The first kappa shape index (κ1) is 23.9. The lowest BCUT2D eigenvalue weighted by Crippen LogP contribution is -2.82. The molecule has 17 heteroatoms. The first-order valence-corrected chi connectivity index (χ1v) is 6.07. The number of alkyl halides is 14. The van der Waals surface area contributed by atoms with Crippen molar-refractivity contribution in [2.45, 2.75) is 49.3 Å². The second-order valence-corrected chi connectivity index (χ2v) is 5.21. The van der Waals surface area contributed by atoms with Gasteiger partial charge in [0.15, 0.2) is 0 Å². The van der Waals surface area contributed by atoms with Gasteiger partial charge in [-0.3, -0.25) is 9.47 Å². The monoisotopic (exact) mass is 440 g/mol. The first-order chi connectivity index (χ1) is 11.5. The molecule has 27 heavy (non-hydrogen) atoms. The van der Waals surface area contributed by atoms with Crippen molar-refractivity contribution in [3.63, 3.8) is 0 Å². The van der Waals surface area contributed by atoms with Crippen molar-refractivity contribution in [2.24, 2.45) is 5.41 Å². The summed E-state index contributed by atoms with van der Waals surface area (Å²) >= 11 is 0. The minimum atomic E-state index is -7.28. The zero-order valence-electron chi connectivity index (χ0n) is 12.5. The molecular formula is C10H6F14O3. The van der Waals surface area contributed by atoms with Gasteiger partial charge in [-0.2, -0.15) is 52.7 Å². The van der Waals surface area contributed by atoms with Crippen molar-refractivity contribution in [1.82, 2.24) is 0 Å². The van der Waals surface area contributed by atoms with E-state index in [9.17, 15) is 61.5 Å². The zero-order chi connectivity index (χ0) is 22.1. The summed E-state index contributed by atoms with van der Waals surface area (Å²) in [6, 6.07) is 0. The lowest BCUT2D eigenvalue weighted by Gasteiger charge is -2.56. The van der Waals surface area contributed by atoms with Gasteiger partial charge in [0.2, 0.25) is 0 Å². The highest BCUT2D eigenvalue weighted by Crippen LogP contribution is 2.71. The summed E-state index contributed by atoms with van der Waals surface area (Å²) in [5, 5.41) is 0. The summed E-state index contributed by atoms with van der Waals surface area (Å²) in [5.74, 6) is -13.0. The number of ether oxygens (including phenoxy) is 3. The quantitative estimate of drug-likeness (QED) is 0.584. The predicted octanol–water partition coefficient (Wildman–Crippen LogP) is 4.92. The Morgan fingerprint density at radius 3 is 1.15 bits per heavy atom. The maximum absolute atomic E-state index is 13.9. The van der Waals surface area contributed by atoms with Crippen LogP contribution < -0.4 is 0 Å². The van der Waals surface area contributed by atoms with E-state index in [1.807, 2.05) is 0 Å². The van der Waals surface area contributed by atoms with Crippen LogP contribution in [0.2, 0.25) is 0 Å². The maximum atomic E-state index is 13.9. The van der Waals surface area contributed by atoms with Crippen LogP contribution in [0.4, 0.5) is 61.5 Å². The van der Waals surface area contributed by atoms with Gasteiger partial charge in [-0.05, 0) is 0 Å². The average molecular weight is 440 g/mol. The molecule has 1 fully saturated rings. The Balaban J connectivity index is 4.00. The van der Waals surface area contributed by atoms with Crippen LogP contribution in [-0.2, 0) is 14.2 Å². The highest BCUT2D eigenvalue weighted by molar-refractivity contribution is 5.12. The molecule has 0 aromatic heterocycles. The fourth-order valence-corrected chi connectivity index (χ4v) is 2.36. The molecule has 1 saturated heterocycles. The molecule has 1 aliphatic heterocycles. The molecule has 162 valence electrons. The van der Waals surface area contributed by atoms with Crippen LogP contribution in [0.15, 0.2) is 0 Å². The van der Waals surface area contributed by atoms with E-state index >= 15 is 0 Å². The predicted molar refractivity (Wildman–Crippen MR) is 51.9 cm³/mol. The largest absolute Gasteiger partial charge is 0.453 e. The van der Waals surface area contributed by atoms with Gasteiger partial charge in [0.1, 0.15) is 0 Å². The third-order valence-corrected chi connectivity index (χ3v) is 3.51. The highest BCUT2D eigenvalue weighted by Gasteiger charge is 2.98. The third-order valence-electron chi connectivity index (χ3n) is 3.51. The lowest BCUT2D eigenvalue weighted by atomic mass is 9.76. The molecule has 1 rings (SSSR count). The van der Waals surface area contributed by atoms with E-state index < -0.39 is 61.8 Å². The van der Waals surface area contributed by atoms with E-state index in [-0.39, 0.29) is 0 Å². The van der Waals surface area contributed by atoms with Gasteiger partial charge >= 0.3 is 41.9 Å². The molecule has 3 nitrogen and oxygen atoms in total. The number of hydrogen-bond acceptors (Lipinski definition) is 3. The molecule has 1 heterocycles. The SMILES string of the molecule is COC(F)(F)C1(C(C)(F)F)C(F)(F)OC(C(F)(F)F)(C(F)(F)F)OC1(F)F. The summed E-state index contributed by atoms with van der Waals surface area (Å²) in [6.07, 6.45) is -35.4. The third kappa shape index (κ3) is 2.83. The Hall–Kier alpha value is -1.10. The molecule has 0 aromatic carbocycles. The summed E-state index contributed by atoms with van der Waals surface area (Å²) in [4.78, 5) is 0. The van der Waals surface area contributed by atoms with Crippen LogP contribution in [0.5, 0.6) is 0 Å². The highest BCUT2D eigenvalue weighted by atomic mass is 19.4. The fraction of sp³-hybridized carbons (Fsp3) is 1.00. The van der Waals surface area contributed by atoms with E-state index in [0.717, 1.165) is 0 Å². The van der Waals surface area contributed by atoms with Crippen LogP contribution in [0, 0.1) is 5.41 Å². The molecule has 1 aliphatic rings. The Morgan fingerprint density at radius 2 is 0.963 bits per heavy atom. The van der Waals surface area contributed by atoms with Crippen LogP contribution in [-0.4, -0.2) is 49.5 Å². The molecule has 0 amide bonds. The molecule has 0 bridgehead atoms. The number of halogens is 14. The first-order valence-electron chi connectivity index (χ1n) is 6.07. The topological polar surface area (TPSA) is 27.7 Å². The maximum Gasteiger partial charge on any atom is 0.453 e. The molecule has 0 aromatic rings. The van der Waals surface area contributed by atoms with Gasteiger partial charge in [0.25, 0.3) is 5.92 Å². The number of methoxy groups -OCH3 is 1. The van der Waals surface area contributed by atoms with Crippen molar-refractivity contribution in [2.75, 3.05) is 7.11 Å². The van der Waals surface area contributed by atoms with Crippen molar-refractivity contribution >= 4 is 0 Å². The van der Waals surface area contributed by atoms with E-state index in [0.29, 0.717) is 0 Å². The van der Waals surface area contributed by atoms with Crippen LogP contribution in [0.25, 0.3) is 0 Å². The molecule has 0 spiro atoms.